The van der Waals surface area contributed by atoms with Crippen LogP contribution in [0.5, 0.6) is 0 Å². The van der Waals surface area contributed by atoms with Crippen LogP contribution in [0.4, 0.5) is 0 Å². The Labute approximate surface area is 113 Å². The van der Waals surface area contributed by atoms with E-state index in [0.717, 1.165) is 18.1 Å². The molecule has 1 atom stereocenters. The predicted octanol–water partition coefficient (Wildman–Crippen LogP) is 3.92. The van der Waals surface area contributed by atoms with E-state index in [4.69, 9.17) is 11.6 Å². The molecule has 92 valence electrons. The maximum atomic E-state index is 5.97. The highest BCUT2D eigenvalue weighted by molar-refractivity contribution is 6.30. The highest BCUT2D eigenvalue weighted by Crippen LogP contribution is 2.33. The van der Waals surface area contributed by atoms with Crippen molar-refractivity contribution in [3.05, 3.63) is 70.2 Å². The van der Waals surface area contributed by atoms with Gasteiger partial charge in [-0.2, -0.15) is 0 Å². The third-order valence-corrected chi connectivity index (χ3v) is 3.89. The summed E-state index contributed by atoms with van der Waals surface area (Å²) in [5.74, 6) is 0.456. The fourth-order valence-electron chi connectivity index (χ4n) is 2.76. The van der Waals surface area contributed by atoms with Crippen molar-refractivity contribution < 1.29 is 0 Å². The van der Waals surface area contributed by atoms with Crippen LogP contribution < -0.4 is 0 Å². The zero-order valence-electron chi connectivity index (χ0n) is 10.4. The molecule has 0 bridgehead atoms. The summed E-state index contributed by atoms with van der Waals surface area (Å²) in [7, 11) is 2.18. The van der Waals surface area contributed by atoms with Gasteiger partial charge in [0.1, 0.15) is 0 Å². The number of nitrogens with zero attached hydrogens (tertiary/aromatic N) is 1. The second-order valence-electron chi connectivity index (χ2n) is 5.00. The summed E-state index contributed by atoms with van der Waals surface area (Å²) in [5.41, 5.74) is 4.24. The van der Waals surface area contributed by atoms with E-state index >= 15 is 0 Å². The molecule has 0 saturated heterocycles. The number of fused-ring (bicyclic) bond motifs is 1. The minimum Gasteiger partial charge on any atom is -0.301 e. The molecule has 2 aromatic rings. The van der Waals surface area contributed by atoms with Crippen molar-refractivity contribution in [1.29, 1.82) is 0 Å². The van der Waals surface area contributed by atoms with Crippen molar-refractivity contribution in [3.63, 3.8) is 0 Å². The average molecular weight is 258 g/mol. The molecule has 1 aliphatic heterocycles. The Kier molecular flexibility index (Phi) is 3.11. The van der Waals surface area contributed by atoms with Crippen molar-refractivity contribution in [3.8, 4) is 0 Å². The number of rotatable bonds is 1. The SMILES string of the molecule is CN1Cc2ccccc2[C@H](c2ccc(Cl)cc2)C1. The van der Waals surface area contributed by atoms with E-state index in [-0.39, 0.29) is 0 Å². The summed E-state index contributed by atoms with van der Waals surface area (Å²) in [6.45, 7) is 2.11. The van der Waals surface area contributed by atoms with Gasteiger partial charge in [-0.1, -0.05) is 48.0 Å². The molecule has 2 heteroatoms. The molecule has 0 radical (unpaired) electrons. The molecule has 0 saturated carbocycles. The largest absolute Gasteiger partial charge is 0.301 e. The Morgan fingerprint density at radius 1 is 1.06 bits per heavy atom. The van der Waals surface area contributed by atoms with Gasteiger partial charge in [0.05, 0.1) is 0 Å². The van der Waals surface area contributed by atoms with Crippen molar-refractivity contribution in [1.82, 2.24) is 4.90 Å². The minimum absolute atomic E-state index is 0.456. The fraction of sp³-hybridized carbons (Fsp3) is 0.250. The molecule has 2 aromatic carbocycles. The maximum Gasteiger partial charge on any atom is 0.0406 e. The molecule has 0 aromatic heterocycles. The van der Waals surface area contributed by atoms with Crippen LogP contribution in [0.15, 0.2) is 48.5 Å². The number of benzene rings is 2. The maximum absolute atomic E-state index is 5.97. The van der Waals surface area contributed by atoms with Crippen LogP contribution in [-0.4, -0.2) is 18.5 Å². The Bertz CT molecular complexity index is 547. The van der Waals surface area contributed by atoms with Gasteiger partial charge in [0.25, 0.3) is 0 Å². The van der Waals surface area contributed by atoms with Crippen LogP contribution in [0.2, 0.25) is 5.02 Å². The second-order valence-corrected chi connectivity index (χ2v) is 5.44. The van der Waals surface area contributed by atoms with Gasteiger partial charge in [0.15, 0.2) is 0 Å². The van der Waals surface area contributed by atoms with Crippen molar-refractivity contribution >= 4 is 11.6 Å². The smallest absolute Gasteiger partial charge is 0.0406 e. The average Bonchev–Trinajstić information content (AvgIpc) is 2.38. The first-order valence-corrected chi connectivity index (χ1v) is 6.63. The van der Waals surface area contributed by atoms with Crippen LogP contribution >= 0.6 is 11.6 Å². The zero-order valence-corrected chi connectivity index (χ0v) is 11.2. The van der Waals surface area contributed by atoms with Gasteiger partial charge >= 0.3 is 0 Å². The number of likely N-dealkylation sites (N-methyl/N-ethyl adjacent to an activating group) is 1. The standard InChI is InChI=1S/C16H16ClN/c1-18-10-13-4-2-3-5-15(13)16(11-18)12-6-8-14(17)9-7-12/h2-9,16H,10-11H2,1H3/t16-/m0/s1. The second kappa shape index (κ2) is 4.75. The highest BCUT2D eigenvalue weighted by atomic mass is 35.5. The molecular formula is C16H16ClN. The summed E-state index contributed by atoms with van der Waals surface area (Å²) < 4.78 is 0. The van der Waals surface area contributed by atoms with E-state index in [0.29, 0.717) is 5.92 Å². The van der Waals surface area contributed by atoms with Gasteiger partial charge in [0.2, 0.25) is 0 Å². The first kappa shape index (κ1) is 11.8. The topological polar surface area (TPSA) is 3.24 Å². The summed E-state index contributed by atoms with van der Waals surface area (Å²) >= 11 is 5.97. The molecule has 1 aliphatic rings. The predicted molar refractivity (Wildman–Crippen MR) is 76.1 cm³/mol. The zero-order chi connectivity index (χ0) is 12.5. The molecule has 0 aliphatic carbocycles. The van der Waals surface area contributed by atoms with Gasteiger partial charge < -0.3 is 4.90 Å². The summed E-state index contributed by atoms with van der Waals surface area (Å²) in [6.07, 6.45) is 0. The molecule has 18 heavy (non-hydrogen) atoms. The van der Waals surface area contributed by atoms with E-state index in [1.807, 2.05) is 12.1 Å². The number of hydrogen-bond donors (Lipinski definition) is 0. The van der Waals surface area contributed by atoms with Crippen LogP contribution in [0.3, 0.4) is 0 Å². The Morgan fingerprint density at radius 2 is 1.78 bits per heavy atom. The van der Waals surface area contributed by atoms with E-state index < -0.39 is 0 Å². The quantitative estimate of drug-likeness (QED) is 0.749. The van der Waals surface area contributed by atoms with Gasteiger partial charge in [-0.25, -0.2) is 0 Å². The summed E-state index contributed by atoms with van der Waals surface area (Å²) in [4.78, 5) is 2.38. The van der Waals surface area contributed by atoms with Gasteiger partial charge in [-0.3, -0.25) is 0 Å². The van der Waals surface area contributed by atoms with Crippen LogP contribution in [-0.2, 0) is 6.54 Å². The van der Waals surface area contributed by atoms with E-state index in [1.165, 1.54) is 16.7 Å². The molecule has 0 amide bonds. The molecule has 0 fully saturated rings. The van der Waals surface area contributed by atoms with Gasteiger partial charge in [-0.05, 0) is 35.9 Å². The highest BCUT2D eigenvalue weighted by Gasteiger charge is 2.23. The lowest BCUT2D eigenvalue weighted by Gasteiger charge is -2.32. The van der Waals surface area contributed by atoms with Gasteiger partial charge in [-0.15, -0.1) is 0 Å². The summed E-state index contributed by atoms with van der Waals surface area (Å²) in [6, 6.07) is 17.0. The van der Waals surface area contributed by atoms with Crippen molar-refractivity contribution in [2.24, 2.45) is 0 Å². The third kappa shape index (κ3) is 2.16. The first-order chi connectivity index (χ1) is 8.74. The Morgan fingerprint density at radius 3 is 2.56 bits per heavy atom. The van der Waals surface area contributed by atoms with Crippen LogP contribution in [0, 0.1) is 0 Å². The molecule has 0 N–H and O–H groups in total. The first-order valence-electron chi connectivity index (χ1n) is 6.26. The third-order valence-electron chi connectivity index (χ3n) is 3.64. The van der Waals surface area contributed by atoms with E-state index in [9.17, 15) is 0 Å². The van der Waals surface area contributed by atoms with Crippen molar-refractivity contribution in [2.45, 2.75) is 12.5 Å². The number of hydrogen-bond acceptors (Lipinski definition) is 1. The van der Waals surface area contributed by atoms with E-state index in [2.05, 4.69) is 48.3 Å². The lowest BCUT2D eigenvalue weighted by molar-refractivity contribution is 0.295. The molecule has 1 heterocycles. The minimum atomic E-state index is 0.456. The lowest BCUT2D eigenvalue weighted by atomic mass is 9.85. The van der Waals surface area contributed by atoms with E-state index in [1.54, 1.807) is 0 Å². The molecule has 0 unspecified atom stereocenters. The Hall–Kier alpha value is -1.31. The summed E-state index contributed by atoms with van der Waals surface area (Å²) in [5, 5.41) is 0.802. The molecule has 0 spiro atoms. The van der Waals surface area contributed by atoms with Crippen LogP contribution in [0.25, 0.3) is 0 Å². The molecule has 1 nitrogen and oxygen atoms in total. The fourth-order valence-corrected chi connectivity index (χ4v) is 2.89. The molecule has 3 rings (SSSR count). The van der Waals surface area contributed by atoms with Crippen LogP contribution in [0.1, 0.15) is 22.6 Å². The monoisotopic (exact) mass is 257 g/mol. The lowest BCUT2D eigenvalue weighted by Crippen LogP contribution is -2.30. The number of halogens is 1. The normalized spacial score (nSPS) is 19.6. The Balaban J connectivity index is 2.04. The van der Waals surface area contributed by atoms with Crippen molar-refractivity contribution in [2.75, 3.05) is 13.6 Å². The molecular weight excluding hydrogens is 242 g/mol. The van der Waals surface area contributed by atoms with Gasteiger partial charge in [0, 0.05) is 24.0 Å².